The first-order valence-electron chi connectivity index (χ1n) is 9.08. The van der Waals surface area contributed by atoms with Crippen molar-refractivity contribution in [1.29, 1.82) is 0 Å². The van der Waals surface area contributed by atoms with Gasteiger partial charge >= 0.3 is 0 Å². The third kappa shape index (κ3) is 3.25. The molecule has 0 bridgehead atoms. The number of likely N-dealkylation sites (tertiary alicyclic amines) is 1. The van der Waals surface area contributed by atoms with E-state index < -0.39 is 0 Å². The second kappa shape index (κ2) is 7.08. The van der Waals surface area contributed by atoms with E-state index in [2.05, 4.69) is 4.98 Å². The van der Waals surface area contributed by atoms with E-state index in [0.29, 0.717) is 12.2 Å². The molecule has 1 atom stereocenters. The molecule has 4 nitrogen and oxygen atoms in total. The molecular weight excluding hydrogens is 332 g/mol. The van der Waals surface area contributed by atoms with Crippen molar-refractivity contribution in [3.63, 3.8) is 0 Å². The van der Waals surface area contributed by atoms with Gasteiger partial charge in [-0.3, -0.25) is 14.6 Å². The van der Waals surface area contributed by atoms with Crippen molar-refractivity contribution in [1.82, 2.24) is 9.88 Å². The maximum absolute atomic E-state index is 13.0. The minimum atomic E-state index is -0.137. The molecule has 2 aromatic rings. The number of aromatic nitrogens is 1. The van der Waals surface area contributed by atoms with Crippen molar-refractivity contribution in [2.24, 2.45) is 5.92 Å². The molecule has 2 aliphatic rings. The molecule has 0 spiro atoms. The van der Waals surface area contributed by atoms with Crippen LogP contribution < -0.4 is 0 Å². The first-order chi connectivity index (χ1) is 12.2. The molecule has 1 saturated heterocycles. The highest BCUT2D eigenvalue weighted by atomic mass is 32.1. The van der Waals surface area contributed by atoms with Gasteiger partial charge in [-0.15, -0.1) is 11.3 Å². The molecule has 1 aliphatic heterocycles. The van der Waals surface area contributed by atoms with Gasteiger partial charge in [0.15, 0.2) is 5.78 Å². The van der Waals surface area contributed by atoms with Gasteiger partial charge < -0.3 is 4.90 Å². The highest BCUT2D eigenvalue weighted by Crippen LogP contribution is 2.32. The Hall–Kier alpha value is -2.01. The van der Waals surface area contributed by atoms with E-state index in [1.807, 2.05) is 22.4 Å². The van der Waals surface area contributed by atoms with Crippen LogP contribution in [0.3, 0.4) is 0 Å². The maximum atomic E-state index is 13.0. The van der Waals surface area contributed by atoms with Gasteiger partial charge in [0.1, 0.15) is 5.69 Å². The Morgan fingerprint density at radius 3 is 2.88 bits per heavy atom. The standard InChI is InChI=1S/C20H22N2O2S/c23-19(17-8-3-4-10-21-17)14-6-5-11-22(12-14)20(24)16-13-25-18-9-2-1-7-15(16)18/h3-4,8,10,13-14H,1-2,5-7,9,11-12H2/t14-/m0/s1. The lowest BCUT2D eigenvalue weighted by atomic mass is 9.90. The first kappa shape index (κ1) is 16.5. The van der Waals surface area contributed by atoms with Gasteiger partial charge in [-0.1, -0.05) is 6.07 Å². The molecule has 25 heavy (non-hydrogen) atoms. The Labute approximate surface area is 151 Å². The molecule has 2 aromatic heterocycles. The summed E-state index contributed by atoms with van der Waals surface area (Å²) in [7, 11) is 0. The van der Waals surface area contributed by atoms with E-state index in [1.54, 1.807) is 23.6 Å². The quantitative estimate of drug-likeness (QED) is 0.789. The number of carbonyl (C=O) groups is 2. The summed E-state index contributed by atoms with van der Waals surface area (Å²) in [4.78, 5) is 33.2. The molecule has 0 N–H and O–H groups in total. The van der Waals surface area contributed by atoms with Crippen molar-refractivity contribution < 1.29 is 9.59 Å². The molecule has 0 unspecified atom stereocenters. The number of aryl methyl sites for hydroxylation is 1. The summed E-state index contributed by atoms with van der Waals surface area (Å²) < 4.78 is 0. The second-order valence-corrected chi connectivity index (χ2v) is 7.89. The number of nitrogens with zero attached hydrogens (tertiary/aromatic N) is 2. The lowest BCUT2D eigenvalue weighted by molar-refractivity contribution is 0.0635. The third-order valence-electron chi connectivity index (χ3n) is 5.29. The van der Waals surface area contributed by atoms with Crippen LogP contribution in [0, 0.1) is 5.92 Å². The third-order valence-corrected chi connectivity index (χ3v) is 6.38. The number of pyridine rings is 1. The molecule has 3 heterocycles. The van der Waals surface area contributed by atoms with Crippen LogP contribution in [0.2, 0.25) is 0 Å². The smallest absolute Gasteiger partial charge is 0.255 e. The van der Waals surface area contributed by atoms with Crippen LogP contribution in [0.5, 0.6) is 0 Å². The van der Waals surface area contributed by atoms with Gasteiger partial charge in [0.2, 0.25) is 0 Å². The monoisotopic (exact) mass is 354 g/mol. The molecular formula is C20H22N2O2S. The Bertz CT molecular complexity index is 784. The number of ketones is 1. The Balaban J connectivity index is 1.50. The number of carbonyl (C=O) groups excluding carboxylic acids is 2. The summed E-state index contributed by atoms with van der Waals surface area (Å²) in [5, 5.41) is 2.03. The van der Waals surface area contributed by atoms with Crippen LogP contribution in [0.4, 0.5) is 0 Å². The fraction of sp³-hybridized carbons (Fsp3) is 0.450. The van der Waals surface area contributed by atoms with E-state index in [4.69, 9.17) is 0 Å². The zero-order valence-corrected chi connectivity index (χ0v) is 15.1. The summed E-state index contributed by atoms with van der Waals surface area (Å²) in [5.41, 5.74) is 2.65. The molecule has 1 aliphatic carbocycles. The topological polar surface area (TPSA) is 50.3 Å². The van der Waals surface area contributed by atoms with Crippen LogP contribution >= 0.6 is 11.3 Å². The van der Waals surface area contributed by atoms with Gasteiger partial charge in [-0.25, -0.2) is 0 Å². The Morgan fingerprint density at radius 2 is 2.04 bits per heavy atom. The molecule has 0 saturated carbocycles. The lowest BCUT2D eigenvalue weighted by Crippen LogP contribution is -2.42. The summed E-state index contributed by atoms with van der Waals surface area (Å²) in [6.07, 6.45) is 7.88. The summed E-state index contributed by atoms with van der Waals surface area (Å²) in [6.45, 7) is 1.26. The second-order valence-electron chi connectivity index (χ2n) is 6.93. The van der Waals surface area contributed by atoms with E-state index in [1.165, 1.54) is 23.3 Å². The van der Waals surface area contributed by atoms with Crippen LogP contribution in [0.15, 0.2) is 29.8 Å². The fourth-order valence-electron chi connectivity index (χ4n) is 3.94. The van der Waals surface area contributed by atoms with Gasteiger partial charge in [-0.05, 0) is 56.2 Å². The minimum Gasteiger partial charge on any atom is -0.338 e. The molecule has 5 heteroatoms. The predicted molar refractivity (Wildman–Crippen MR) is 98.2 cm³/mol. The molecule has 4 rings (SSSR count). The van der Waals surface area contributed by atoms with Crippen molar-refractivity contribution in [3.05, 3.63) is 51.5 Å². The average molecular weight is 354 g/mol. The molecule has 0 radical (unpaired) electrons. The average Bonchev–Trinajstić information content (AvgIpc) is 3.12. The molecule has 1 amide bonds. The van der Waals surface area contributed by atoms with Crippen LogP contribution in [0.1, 0.15) is 57.0 Å². The lowest BCUT2D eigenvalue weighted by Gasteiger charge is -2.32. The number of rotatable bonds is 3. The summed E-state index contributed by atoms with van der Waals surface area (Å²) in [6, 6.07) is 5.41. The number of hydrogen-bond donors (Lipinski definition) is 0. The number of hydrogen-bond acceptors (Lipinski definition) is 4. The van der Waals surface area contributed by atoms with Crippen molar-refractivity contribution >= 4 is 23.0 Å². The van der Waals surface area contributed by atoms with E-state index in [-0.39, 0.29) is 17.6 Å². The number of thiophene rings is 1. The van der Waals surface area contributed by atoms with Gasteiger partial charge in [0.05, 0.1) is 5.56 Å². The van der Waals surface area contributed by atoms with Gasteiger partial charge in [-0.2, -0.15) is 0 Å². The van der Waals surface area contributed by atoms with Gasteiger partial charge in [0, 0.05) is 35.5 Å². The number of fused-ring (bicyclic) bond motifs is 1. The maximum Gasteiger partial charge on any atom is 0.255 e. The fourth-order valence-corrected chi connectivity index (χ4v) is 5.06. The Kier molecular flexibility index (Phi) is 4.66. The van der Waals surface area contributed by atoms with E-state index >= 15 is 0 Å². The number of piperidine rings is 1. The normalized spacial score (nSPS) is 20.2. The van der Waals surface area contributed by atoms with Crippen molar-refractivity contribution in [2.75, 3.05) is 13.1 Å². The number of Topliss-reactive ketones (excluding diaryl/α,β-unsaturated/α-hetero) is 1. The summed E-state index contributed by atoms with van der Waals surface area (Å²) in [5.74, 6) is 0.0328. The van der Waals surface area contributed by atoms with Crippen molar-refractivity contribution in [3.8, 4) is 0 Å². The van der Waals surface area contributed by atoms with E-state index in [0.717, 1.165) is 37.8 Å². The van der Waals surface area contributed by atoms with Gasteiger partial charge in [0.25, 0.3) is 5.91 Å². The molecule has 1 fully saturated rings. The van der Waals surface area contributed by atoms with Crippen LogP contribution in [0.25, 0.3) is 0 Å². The highest BCUT2D eigenvalue weighted by Gasteiger charge is 2.31. The SMILES string of the molecule is O=C(c1ccccn1)[C@H]1CCCN(C(=O)c2csc3c2CCCC3)C1. The van der Waals surface area contributed by atoms with Crippen LogP contribution in [-0.4, -0.2) is 34.7 Å². The largest absolute Gasteiger partial charge is 0.338 e. The predicted octanol–water partition coefficient (Wildman–Crippen LogP) is 3.76. The first-order valence-corrected chi connectivity index (χ1v) is 9.96. The Morgan fingerprint density at radius 1 is 1.16 bits per heavy atom. The molecule has 0 aromatic carbocycles. The minimum absolute atomic E-state index is 0.0606. The van der Waals surface area contributed by atoms with E-state index in [9.17, 15) is 9.59 Å². The van der Waals surface area contributed by atoms with Crippen molar-refractivity contribution in [2.45, 2.75) is 38.5 Å². The van der Waals surface area contributed by atoms with Crippen LogP contribution in [-0.2, 0) is 12.8 Å². The highest BCUT2D eigenvalue weighted by molar-refractivity contribution is 7.10. The zero-order chi connectivity index (χ0) is 17.2. The number of amides is 1. The summed E-state index contributed by atoms with van der Waals surface area (Å²) >= 11 is 1.72. The molecule has 130 valence electrons. The zero-order valence-electron chi connectivity index (χ0n) is 14.2.